The van der Waals surface area contributed by atoms with Gasteiger partial charge in [0.1, 0.15) is 5.82 Å². The van der Waals surface area contributed by atoms with Crippen molar-refractivity contribution in [3.8, 4) is 17.6 Å². The molecule has 1 amide bonds. The molecule has 0 aliphatic rings. The van der Waals surface area contributed by atoms with Crippen molar-refractivity contribution >= 4 is 23.2 Å². The van der Waals surface area contributed by atoms with Crippen LogP contribution in [0.5, 0.6) is 11.5 Å². The third kappa shape index (κ3) is 4.61. The van der Waals surface area contributed by atoms with Crippen molar-refractivity contribution in [2.24, 2.45) is 0 Å². The van der Waals surface area contributed by atoms with Gasteiger partial charge in [0.2, 0.25) is 0 Å². The molecular formula is C17H14ClFN2O3. The molecule has 0 saturated heterocycles. The molecule has 0 aliphatic carbocycles. The van der Waals surface area contributed by atoms with E-state index in [1.54, 1.807) is 13.0 Å². The fourth-order valence-corrected chi connectivity index (χ4v) is 2.06. The van der Waals surface area contributed by atoms with E-state index in [-0.39, 0.29) is 12.3 Å². The average molecular weight is 349 g/mol. The first kappa shape index (κ1) is 17.6. The largest absolute Gasteiger partial charge is 0.490 e. The summed E-state index contributed by atoms with van der Waals surface area (Å²) >= 11 is 5.77. The van der Waals surface area contributed by atoms with Crippen LogP contribution in [0.4, 0.5) is 10.1 Å². The number of nitrogens with one attached hydrogen (secondary N) is 1. The van der Waals surface area contributed by atoms with Crippen LogP contribution in [-0.2, 0) is 4.79 Å². The number of carbonyl (C=O) groups is 1. The van der Waals surface area contributed by atoms with Crippen LogP contribution in [0.3, 0.4) is 0 Å². The molecule has 0 bridgehead atoms. The van der Waals surface area contributed by atoms with Crippen molar-refractivity contribution < 1.29 is 18.7 Å². The highest BCUT2D eigenvalue weighted by Crippen LogP contribution is 2.28. The lowest BCUT2D eigenvalue weighted by molar-refractivity contribution is -0.118. The standard InChI is InChI=1S/C17H14ClFN2O3/c1-2-23-16-7-11(9-20)3-6-15(16)24-10-17(22)21-14-8-12(18)4-5-13(14)19/h3-8H,2,10H2,1H3,(H,21,22). The maximum Gasteiger partial charge on any atom is 0.262 e. The van der Waals surface area contributed by atoms with Crippen molar-refractivity contribution in [2.75, 3.05) is 18.5 Å². The maximum atomic E-state index is 13.6. The highest BCUT2D eigenvalue weighted by Gasteiger charge is 2.11. The van der Waals surface area contributed by atoms with E-state index >= 15 is 0 Å². The number of benzene rings is 2. The summed E-state index contributed by atoms with van der Waals surface area (Å²) < 4.78 is 24.3. The number of ether oxygens (including phenoxy) is 2. The third-order valence-electron chi connectivity index (χ3n) is 2.93. The van der Waals surface area contributed by atoms with Gasteiger partial charge in [-0.2, -0.15) is 5.26 Å². The zero-order chi connectivity index (χ0) is 17.5. The smallest absolute Gasteiger partial charge is 0.262 e. The van der Waals surface area contributed by atoms with Gasteiger partial charge in [-0.3, -0.25) is 4.79 Å². The highest BCUT2D eigenvalue weighted by molar-refractivity contribution is 6.30. The Kier molecular flexibility index (Phi) is 5.99. The minimum absolute atomic E-state index is 0.0269. The summed E-state index contributed by atoms with van der Waals surface area (Å²) in [6.07, 6.45) is 0. The SMILES string of the molecule is CCOc1cc(C#N)ccc1OCC(=O)Nc1cc(Cl)ccc1F. The molecule has 1 N–H and O–H groups in total. The Morgan fingerprint density at radius 3 is 2.75 bits per heavy atom. The normalized spacial score (nSPS) is 9.92. The number of carbonyl (C=O) groups excluding carboxylic acids is 1. The van der Waals surface area contributed by atoms with Gasteiger partial charge in [-0.05, 0) is 37.3 Å². The first-order valence-electron chi connectivity index (χ1n) is 7.08. The van der Waals surface area contributed by atoms with Crippen molar-refractivity contribution in [1.29, 1.82) is 5.26 Å². The molecule has 0 aliphatic heterocycles. The van der Waals surface area contributed by atoms with Gasteiger partial charge in [0.05, 0.1) is 23.9 Å². The molecule has 24 heavy (non-hydrogen) atoms. The molecule has 0 saturated carbocycles. The predicted molar refractivity (Wildman–Crippen MR) is 87.9 cm³/mol. The Morgan fingerprint density at radius 1 is 1.25 bits per heavy atom. The summed E-state index contributed by atoms with van der Waals surface area (Å²) in [4.78, 5) is 11.9. The van der Waals surface area contributed by atoms with E-state index in [1.165, 1.54) is 24.3 Å². The second-order valence-electron chi connectivity index (χ2n) is 4.67. The fraction of sp³-hybridized carbons (Fsp3) is 0.176. The minimum Gasteiger partial charge on any atom is -0.490 e. The van der Waals surface area contributed by atoms with E-state index in [0.29, 0.717) is 28.7 Å². The van der Waals surface area contributed by atoms with E-state index in [9.17, 15) is 9.18 Å². The lowest BCUT2D eigenvalue weighted by atomic mass is 10.2. The number of amides is 1. The second kappa shape index (κ2) is 8.18. The Labute approximate surface area is 143 Å². The molecule has 0 fully saturated rings. The second-order valence-corrected chi connectivity index (χ2v) is 5.10. The zero-order valence-corrected chi connectivity index (χ0v) is 13.6. The van der Waals surface area contributed by atoms with Gasteiger partial charge in [-0.25, -0.2) is 4.39 Å². The molecule has 0 atom stereocenters. The van der Waals surface area contributed by atoms with Gasteiger partial charge in [0.25, 0.3) is 5.91 Å². The van der Waals surface area contributed by atoms with Crippen LogP contribution in [0.15, 0.2) is 36.4 Å². The summed E-state index contributed by atoms with van der Waals surface area (Å²) in [6.45, 7) is 1.82. The summed E-state index contributed by atoms with van der Waals surface area (Å²) in [7, 11) is 0. The lowest BCUT2D eigenvalue weighted by Crippen LogP contribution is -2.21. The van der Waals surface area contributed by atoms with Crippen molar-refractivity contribution in [1.82, 2.24) is 0 Å². The van der Waals surface area contributed by atoms with Crippen LogP contribution in [0.2, 0.25) is 5.02 Å². The molecule has 0 heterocycles. The summed E-state index contributed by atoms with van der Waals surface area (Å²) in [5.41, 5.74) is 0.386. The van der Waals surface area contributed by atoms with E-state index in [4.69, 9.17) is 26.3 Å². The van der Waals surface area contributed by atoms with E-state index in [0.717, 1.165) is 6.07 Å². The third-order valence-corrected chi connectivity index (χ3v) is 3.17. The molecule has 7 heteroatoms. The van der Waals surface area contributed by atoms with E-state index < -0.39 is 11.7 Å². The summed E-state index contributed by atoms with van der Waals surface area (Å²) in [6, 6.07) is 10.5. The number of nitrogens with zero attached hydrogens (tertiary/aromatic N) is 1. The lowest BCUT2D eigenvalue weighted by Gasteiger charge is -2.12. The number of anilines is 1. The fourth-order valence-electron chi connectivity index (χ4n) is 1.89. The maximum absolute atomic E-state index is 13.6. The minimum atomic E-state index is -0.596. The monoisotopic (exact) mass is 348 g/mol. The van der Waals surface area contributed by atoms with E-state index in [2.05, 4.69) is 5.32 Å². The van der Waals surface area contributed by atoms with Crippen molar-refractivity contribution in [3.05, 3.63) is 52.8 Å². The molecule has 2 aromatic carbocycles. The van der Waals surface area contributed by atoms with Crippen LogP contribution < -0.4 is 14.8 Å². The van der Waals surface area contributed by atoms with Crippen molar-refractivity contribution in [2.45, 2.75) is 6.92 Å². The highest BCUT2D eigenvalue weighted by atomic mass is 35.5. The number of rotatable bonds is 6. The number of hydrogen-bond acceptors (Lipinski definition) is 4. The van der Waals surface area contributed by atoms with Gasteiger partial charge < -0.3 is 14.8 Å². The Bertz CT molecular complexity index is 790. The van der Waals surface area contributed by atoms with Crippen LogP contribution in [0, 0.1) is 17.1 Å². The molecule has 2 aromatic rings. The van der Waals surface area contributed by atoms with Gasteiger partial charge in [-0.15, -0.1) is 0 Å². The Morgan fingerprint density at radius 2 is 2.04 bits per heavy atom. The molecule has 5 nitrogen and oxygen atoms in total. The van der Waals surface area contributed by atoms with Crippen LogP contribution >= 0.6 is 11.6 Å². The molecule has 124 valence electrons. The van der Waals surface area contributed by atoms with Gasteiger partial charge in [-0.1, -0.05) is 11.6 Å². The molecular weight excluding hydrogens is 335 g/mol. The van der Waals surface area contributed by atoms with Crippen LogP contribution in [0.1, 0.15) is 12.5 Å². The molecule has 2 rings (SSSR count). The zero-order valence-electron chi connectivity index (χ0n) is 12.8. The van der Waals surface area contributed by atoms with E-state index in [1.807, 2.05) is 6.07 Å². The number of halogens is 2. The van der Waals surface area contributed by atoms with Crippen LogP contribution in [-0.4, -0.2) is 19.1 Å². The quantitative estimate of drug-likeness (QED) is 0.862. The Hall–Kier alpha value is -2.78. The molecule has 0 unspecified atom stereocenters. The van der Waals surface area contributed by atoms with Crippen LogP contribution in [0.25, 0.3) is 0 Å². The first-order chi connectivity index (χ1) is 11.5. The molecule has 0 aromatic heterocycles. The number of nitriles is 1. The van der Waals surface area contributed by atoms with Gasteiger partial charge in [0, 0.05) is 11.1 Å². The topological polar surface area (TPSA) is 71.3 Å². The number of hydrogen-bond donors (Lipinski definition) is 1. The average Bonchev–Trinajstić information content (AvgIpc) is 2.57. The van der Waals surface area contributed by atoms with Gasteiger partial charge >= 0.3 is 0 Å². The predicted octanol–water partition coefficient (Wildman–Crippen LogP) is 3.77. The molecule has 0 spiro atoms. The van der Waals surface area contributed by atoms with Crippen molar-refractivity contribution in [3.63, 3.8) is 0 Å². The summed E-state index contributed by atoms with van der Waals surface area (Å²) in [5, 5.41) is 11.6. The molecule has 0 radical (unpaired) electrons. The Balaban J connectivity index is 2.03. The van der Waals surface area contributed by atoms with Gasteiger partial charge in [0.15, 0.2) is 18.1 Å². The first-order valence-corrected chi connectivity index (χ1v) is 7.46. The summed E-state index contributed by atoms with van der Waals surface area (Å²) in [5.74, 6) is -0.472.